The zero-order valence-corrected chi connectivity index (χ0v) is 42.2. The van der Waals surface area contributed by atoms with E-state index < -0.39 is 58.3 Å². The predicted molar refractivity (Wildman–Crippen MR) is 256 cm³/mol. The lowest BCUT2D eigenvalue weighted by Gasteiger charge is -2.22. The normalized spacial score (nSPS) is 18.8. The van der Waals surface area contributed by atoms with E-state index in [1.165, 1.54) is 95.7 Å². The number of aliphatic hydroxyl groups excluding tert-OH is 4. The minimum atomic E-state index is -5.52. The molecule has 400 valence electrons. The lowest BCUT2D eigenvalue weighted by atomic mass is 10.0. The molecule has 0 saturated carbocycles. The zero-order valence-electron chi connectivity index (χ0n) is 40.5. The lowest BCUT2D eigenvalue weighted by molar-refractivity contribution is -0.161. The molecule has 1 aromatic heterocycles. The Kier molecular flexibility index (Phi) is 36.9. The van der Waals surface area contributed by atoms with Crippen LogP contribution < -0.4 is 23.3 Å². The molecule has 0 amide bonds. The summed E-state index contributed by atoms with van der Waals surface area (Å²) in [7, 11) is -11.0. The van der Waals surface area contributed by atoms with Crippen LogP contribution in [-0.4, -0.2) is 107 Å². The highest BCUT2D eigenvalue weighted by atomic mass is 31.3. The molecule has 1 aliphatic heterocycles. The summed E-state index contributed by atoms with van der Waals surface area (Å²) in [4.78, 5) is 67.9. The third kappa shape index (κ3) is 30.4. The van der Waals surface area contributed by atoms with E-state index in [0.717, 1.165) is 88.0 Å². The van der Waals surface area contributed by atoms with Gasteiger partial charge >= 0.3 is 33.3 Å². The number of carbonyl (C=O) groups excluding carboxylic acids is 2. The molecule has 1 aromatic rings. The van der Waals surface area contributed by atoms with Crippen molar-refractivity contribution in [2.45, 2.75) is 224 Å². The second-order valence-corrected chi connectivity index (χ2v) is 20.0. The number of ether oxygens (including phenoxy) is 3. The van der Waals surface area contributed by atoms with Crippen molar-refractivity contribution in [2.75, 3.05) is 25.1 Å². The summed E-state index contributed by atoms with van der Waals surface area (Å²) in [6.45, 7) is 2.29. The first kappa shape index (κ1) is 65.6. The first-order valence-corrected chi connectivity index (χ1v) is 27.4. The fourth-order valence-electron chi connectivity index (χ4n) is 7.68. The molecule has 0 spiro atoms. The van der Waals surface area contributed by atoms with Gasteiger partial charge < -0.3 is 66.9 Å². The predicted octanol–water partition coefficient (Wildman–Crippen LogP) is 7.53. The van der Waals surface area contributed by atoms with Crippen LogP contribution in [0.3, 0.4) is 0 Å². The van der Waals surface area contributed by atoms with Crippen molar-refractivity contribution in [2.24, 2.45) is 0 Å². The molecule has 68 heavy (non-hydrogen) atoms. The number of esters is 2. The molecule has 2 heterocycles. The number of phosphoric ester groups is 1. The number of unbranched alkanes of at least 4 members (excludes halogenated alkanes) is 24. The van der Waals surface area contributed by atoms with Gasteiger partial charge in [-0.2, -0.15) is 9.29 Å². The van der Waals surface area contributed by atoms with E-state index in [1.54, 1.807) is 0 Å². The Labute approximate surface area is 402 Å². The minimum Gasteiger partial charge on any atom is -0.462 e. The molecule has 22 nitrogen and oxygen atoms in total. The summed E-state index contributed by atoms with van der Waals surface area (Å²) >= 11 is 0. The van der Waals surface area contributed by atoms with Gasteiger partial charge in [0.2, 0.25) is 0 Å². The molecule has 24 heteroatoms. The Morgan fingerprint density at radius 1 is 0.735 bits per heavy atom. The number of hydrogen-bond acceptors (Lipinski definition) is 18. The van der Waals surface area contributed by atoms with Crippen LogP contribution in [0.15, 0.2) is 17.1 Å². The second-order valence-electron chi connectivity index (χ2n) is 17.3. The van der Waals surface area contributed by atoms with Gasteiger partial charge in [0.1, 0.15) is 30.7 Å². The molecule has 0 aliphatic carbocycles. The SMILES string of the molecule is CCCCCCCCCCCCCCCC(=O)OCC(CO)OC(=O)CCCCCCCCCCCCCCCNc1ccn([C@@H]2O[C@H](C(O)OP(=O)(O)OP(=O)(O)O)[C@@H](O)[C@H]2O)c(=O)n1.N.N. The highest BCUT2D eigenvalue weighted by molar-refractivity contribution is 7.60. The Morgan fingerprint density at radius 2 is 1.19 bits per heavy atom. The van der Waals surface area contributed by atoms with Gasteiger partial charge in [-0.25, -0.2) is 13.9 Å². The highest BCUT2D eigenvalue weighted by Crippen LogP contribution is 2.58. The second kappa shape index (κ2) is 38.3. The smallest absolute Gasteiger partial charge is 0.462 e. The fourth-order valence-corrected chi connectivity index (χ4v) is 9.30. The van der Waals surface area contributed by atoms with Crippen LogP contribution in [0.2, 0.25) is 0 Å². The maximum absolute atomic E-state index is 12.7. The number of hydrogen-bond donors (Lipinski definition) is 10. The van der Waals surface area contributed by atoms with Crippen LogP contribution in [0, 0.1) is 0 Å². The molecule has 2 rings (SSSR count). The number of aliphatic hydroxyl groups is 4. The molecule has 0 radical (unpaired) electrons. The number of rotatable bonds is 41. The van der Waals surface area contributed by atoms with Crippen LogP contribution in [0.1, 0.15) is 193 Å². The van der Waals surface area contributed by atoms with E-state index in [4.69, 9.17) is 24.0 Å². The average molecular weight is 1020 g/mol. The number of aromatic nitrogens is 2. The van der Waals surface area contributed by atoms with Crippen LogP contribution in [-0.2, 0) is 41.8 Å². The standard InChI is InChI=1S/C44H81N3O17P2.2H3N/c1-2-3-4-5-6-7-8-10-13-16-19-22-25-28-37(49)60-34-35(33-48)61-38(50)29-26-23-20-17-14-11-9-12-15-18-21-24-27-31-45-36-30-32-47(44(54)46-36)42-40(52)39(51)41(62-42)43(53)63-66(58,59)64-65(55,56)57;;/h30,32,35,39-43,48,51-53H,2-29,31,33-34H2,1H3,(H,58,59)(H,45,46,54)(H2,55,56,57);2*1H3/t35?,39-,40+,41-,42+,43?;;/m0../s1. The molecule has 14 N–H and O–H groups in total. The summed E-state index contributed by atoms with van der Waals surface area (Å²) in [5.74, 6) is -0.437. The molecular formula is C44H87N5O17P2. The number of nitrogens with one attached hydrogen (secondary N) is 1. The molecule has 3 unspecified atom stereocenters. The van der Waals surface area contributed by atoms with E-state index in [-0.39, 0.29) is 49.7 Å². The van der Waals surface area contributed by atoms with E-state index in [9.17, 15) is 48.8 Å². The third-order valence-corrected chi connectivity index (χ3v) is 13.6. The fraction of sp³-hybridized carbons (Fsp3) is 0.864. The Hall–Kier alpha value is -2.40. The van der Waals surface area contributed by atoms with Crippen molar-refractivity contribution in [3.8, 4) is 0 Å². The monoisotopic (exact) mass is 1020 g/mol. The largest absolute Gasteiger partial charge is 0.483 e. The van der Waals surface area contributed by atoms with Gasteiger partial charge in [-0.1, -0.05) is 155 Å². The molecule has 0 bridgehead atoms. The molecule has 1 saturated heterocycles. The molecule has 0 aromatic carbocycles. The quantitative estimate of drug-likeness (QED) is 0.0131. The number of anilines is 1. The first-order valence-electron chi connectivity index (χ1n) is 24.3. The van der Waals surface area contributed by atoms with Crippen LogP contribution in [0.25, 0.3) is 0 Å². The maximum Gasteiger partial charge on any atom is 0.483 e. The van der Waals surface area contributed by atoms with E-state index in [0.29, 0.717) is 13.0 Å². The summed E-state index contributed by atoms with van der Waals surface area (Å²) in [6, 6.07) is 1.44. The summed E-state index contributed by atoms with van der Waals surface area (Å²) in [5, 5.41) is 43.4. The number of phosphoric acid groups is 2. The van der Waals surface area contributed by atoms with E-state index in [2.05, 4.69) is 26.1 Å². The summed E-state index contributed by atoms with van der Waals surface area (Å²) < 4.78 is 47.1. The van der Waals surface area contributed by atoms with Crippen LogP contribution >= 0.6 is 15.6 Å². The van der Waals surface area contributed by atoms with Gasteiger partial charge in [0.05, 0.1) is 6.61 Å². The highest BCUT2D eigenvalue weighted by Gasteiger charge is 2.50. The Bertz CT molecular complexity index is 1630. The zero-order chi connectivity index (χ0) is 48.6. The van der Waals surface area contributed by atoms with Crippen molar-refractivity contribution in [3.05, 3.63) is 22.7 Å². The third-order valence-electron chi connectivity index (χ3n) is 11.4. The van der Waals surface area contributed by atoms with Crippen molar-refractivity contribution in [1.82, 2.24) is 21.9 Å². The Balaban J connectivity index is 0.0000224. The lowest BCUT2D eigenvalue weighted by Crippen LogP contribution is -2.40. The van der Waals surface area contributed by atoms with Gasteiger partial charge in [0, 0.05) is 25.6 Å². The topological polar surface area (TPSA) is 373 Å². The Morgan fingerprint density at radius 3 is 1.65 bits per heavy atom. The van der Waals surface area contributed by atoms with Gasteiger partial charge in [-0.15, -0.1) is 0 Å². The molecule has 1 fully saturated rings. The van der Waals surface area contributed by atoms with E-state index in [1.807, 2.05) is 0 Å². The maximum atomic E-state index is 12.7. The van der Waals surface area contributed by atoms with Gasteiger partial charge in [0.15, 0.2) is 18.6 Å². The van der Waals surface area contributed by atoms with Crippen molar-refractivity contribution in [3.63, 3.8) is 0 Å². The van der Waals surface area contributed by atoms with Crippen molar-refractivity contribution < 1.29 is 76.9 Å². The van der Waals surface area contributed by atoms with Gasteiger partial charge in [-0.05, 0) is 25.3 Å². The van der Waals surface area contributed by atoms with Crippen LogP contribution in [0.4, 0.5) is 5.82 Å². The minimum absolute atomic E-state index is 0. The van der Waals surface area contributed by atoms with Gasteiger partial charge in [0.25, 0.3) is 0 Å². The number of nitrogens with zero attached hydrogens (tertiary/aromatic N) is 2. The average Bonchev–Trinajstić information content (AvgIpc) is 3.55. The van der Waals surface area contributed by atoms with Crippen molar-refractivity contribution >= 4 is 33.4 Å². The summed E-state index contributed by atoms with van der Waals surface area (Å²) in [6.07, 6.45) is 20.9. The number of carbonyl (C=O) groups is 2. The van der Waals surface area contributed by atoms with E-state index >= 15 is 0 Å². The summed E-state index contributed by atoms with van der Waals surface area (Å²) in [5.41, 5.74) is -0.872. The molecule has 7 atom stereocenters. The molecular weight excluding hydrogens is 932 g/mol. The molecule has 1 aliphatic rings. The van der Waals surface area contributed by atoms with Gasteiger partial charge in [-0.3, -0.25) is 18.7 Å². The van der Waals surface area contributed by atoms with Crippen LogP contribution in [0.5, 0.6) is 0 Å². The van der Waals surface area contributed by atoms with Crippen molar-refractivity contribution in [1.29, 1.82) is 0 Å². The first-order chi connectivity index (χ1) is 31.6.